The Hall–Kier alpha value is 0.130. The number of halogens is 2. The van der Waals surface area contributed by atoms with Gasteiger partial charge >= 0.3 is 0 Å². The molecule has 2 nitrogen and oxygen atoms in total. The van der Waals surface area contributed by atoms with Gasteiger partial charge in [-0.05, 0) is 52.1 Å². The van der Waals surface area contributed by atoms with Gasteiger partial charge in [-0.1, -0.05) is 0 Å². The van der Waals surface area contributed by atoms with Crippen LogP contribution in [-0.2, 0) is 7.86 Å². The Balaban J connectivity index is 2.00. The van der Waals surface area contributed by atoms with Crippen molar-refractivity contribution in [2.45, 2.75) is 25.7 Å². The van der Waals surface area contributed by atoms with Gasteiger partial charge in [-0.3, -0.25) is 4.79 Å². The molecule has 0 saturated heterocycles. The van der Waals surface area contributed by atoms with E-state index < -0.39 is 19.3 Å². The van der Waals surface area contributed by atoms with E-state index in [4.69, 9.17) is 14.7 Å². The summed E-state index contributed by atoms with van der Waals surface area (Å²) >= 11 is 4.04. The normalized spacial score (nSPS) is 21.3. The number of carbonyl (C=O) groups is 1. The van der Waals surface area contributed by atoms with Gasteiger partial charge in [-0.15, -0.1) is 11.6 Å². The molecular formula is C11H14ClIO2. The molecule has 1 aliphatic carbocycles. The maximum Gasteiger partial charge on any atom is 0.163 e. The molecule has 84 valence electrons. The molecule has 0 spiro atoms. The van der Waals surface area contributed by atoms with E-state index >= 15 is 0 Å². The van der Waals surface area contributed by atoms with E-state index in [0.717, 1.165) is 37.9 Å². The number of ketones is 1. The smallest absolute Gasteiger partial charge is 0.163 e. The molecule has 0 N–H and O–H groups in total. The Labute approximate surface area is 102 Å². The standard InChI is InChI=1S/C11H14ClIO2/c12-5-2-6-15-13-7-9-3-1-4-11(14)10(9)8-13/h7-8H,1-6H2. The fourth-order valence-corrected chi connectivity index (χ4v) is 5.88. The second-order valence-corrected chi connectivity index (χ2v) is 7.58. The number of hydrogen-bond acceptors (Lipinski definition) is 2. The van der Waals surface area contributed by atoms with Crippen LogP contribution in [0.5, 0.6) is 0 Å². The SMILES string of the molecule is O=C1CCCC2=C1C=I(OCCCCl)=C2. The number of rotatable bonds is 4. The van der Waals surface area contributed by atoms with Gasteiger partial charge in [-0.2, -0.15) is 0 Å². The van der Waals surface area contributed by atoms with E-state index in [9.17, 15) is 4.79 Å². The van der Waals surface area contributed by atoms with E-state index in [0.29, 0.717) is 11.7 Å². The van der Waals surface area contributed by atoms with Gasteiger partial charge in [0.05, 0.1) is 6.61 Å². The summed E-state index contributed by atoms with van der Waals surface area (Å²) in [5.74, 6) is 0.962. The molecule has 0 amide bonds. The van der Waals surface area contributed by atoms with Crippen LogP contribution < -0.4 is 0 Å². The first-order valence-corrected chi connectivity index (χ1v) is 9.04. The van der Waals surface area contributed by atoms with E-state index in [-0.39, 0.29) is 0 Å². The Morgan fingerprint density at radius 1 is 1.40 bits per heavy atom. The summed E-state index contributed by atoms with van der Waals surface area (Å²) in [6.07, 6.45) is 3.68. The third kappa shape index (κ3) is 2.82. The van der Waals surface area contributed by atoms with Crippen molar-refractivity contribution >= 4 is 44.7 Å². The molecule has 0 fully saturated rings. The van der Waals surface area contributed by atoms with Crippen molar-refractivity contribution in [1.82, 2.24) is 0 Å². The van der Waals surface area contributed by atoms with Gasteiger partial charge in [0.2, 0.25) is 0 Å². The highest BCUT2D eigenvalue weighted by Crippen LogP contribution is 2.30. The molecular weight excluding hydrogens is 326 g/mol. The van der Waals surface area contributed by atoms with Crippen LogP contribution >= 0.6 is 30.9 Å². The summed E-state index contributed by atoms with van der Waals surface area (Å²) in [5, 5.41) is 0. The Morgan fingerprint density at radius 3 is 3.00 bits per heavy atom. The van der Waals surface area contributed by atoms with Crippen LogP contribution in [0.15, 0.2) is 11.1 Å². The van der Waals surface area contributed by atoms with Crippen LogP contribution in [0.1, 0.15) is 25.7 Å². The minimum Gasteiger partial charge on any atom is -0.328 e. The Kier molecular flexibility index (Phi) is 4.22. The molecule has 1 aliphatic heterocycles. The molecule has 0 atom stereocenters. The average Bonchev–Trinajstić information content (AvgIpc) is 2.63. The summed E-state index contributed by atoms with van der Waals surface area (Å²) in [5.41, 5.74) is 2.22. The quantitative estimate of drug-likeness (QED) is 0.447. The first kappa shape index (κ1) is 11.6. The monoisotopic (exact) mass is 340 g/mol. The van der Waals surface area contributed by atoms with Gasteiger partial charge in [-0.25, -0.2) is 0 Å². The molecule has 0 saturated carbocycles. The summed E-state index contributed by atoms with van der Waals surface area (Å²) in [7, 11) is 0. The second kappa shape index (κ2) is 5.46. The molecule has 0 aromatic heterocycles. The highest BCUT2D eigenvalue weighted by Gasteiger charge is 2.20. The lowest BCUT2D eigenvalue weighted by Crippen LogP contribution is -2.10. The third-order valence-electron chi connectivity index (χ3n) is 2.43. The maximum atomic E-state index is 11.6. The summed E-state index contributed by atoms with van der Waals surface area (Å²) in [6, 6.07) is 0. The molecule has 0 aromatic carbocycles. The molecule has 2 rings (SSSR count). The molecule has 15 heavy (non-hydrogen) atoms. The zero-order valence-corrected chi connectivity index (χ0v) is 11.4. The van der Waals surface area contributed by atoms with Crippen molar-refractivity contribution in [2.75, 3.05) is 12.5 Å². The lowest BCUT2D eigenvalue weighted by atomic mass is 9.93. The van der Waals surface area contributed by atoms with E-state index in [1.54, 1.807) is 0 Å². The van der Waals surface area contributed by atoms with E-state index in [2.05, 4.69) is 8.02 Å². The second-order valence-electron chi connectivity index (χ2n) is 3.59. The lowest BCUT2D eigenvalue weighted by molar-refractivity contribution is -0.115. The number of hydrogen-bond donors (Lipinski definition) is 0. The number of carbonyl (C=O) groups excluding carboxylic acids is 1. The minimum atomic E-state index is -1.54. The van der Waals surface area contributed by atoms with Crippen LogP contribution in [0.3, 0.4) is 0 Å². The van der Waals surface area contributed by atoms with Crippen LogP contribution in [0.25, 0.3) is 0 Å². The maximum absolute atomic E-state index is 11.6. The summed E-state index contributed by atoms with van der Waals surface area (Å²) in [4.78, 5) is 11.6. The van der Waals surface area contributed by atoms with Crippen molar-refractivity contribution in [1.29, 1.82) is 0 Å². The molecule has 0 bridgehead atoms. The summed E-state index contributed by atoms with van der Waals surface area (Å²) in [6.45, 7) is 0.732. The Morgan fingerprint density at radius 2 is 2.27 bits per heavy atom. The number of Topliss-reactive ketones (excluding diaryl/α,β-unsaturated/α-hetero) is 1. The largest absolute Gasteiger partial charge is 0.328 e. The van der Waals surface area contributed by atoms with Crippen molar-refractivity contribution < 1.29 is 7.86 Å². The average molecular weight is 341 g/mol. The molecule has 2 aliphatic rings. The molecule has 0 radical (unpaired) electrons. The van der Waals surface area contributed by atoms with Crippen LogP contribution in [0, 0.1) is 0 Å². The highest BCUT2D eigenvalue weighted by molar-refractivity contribution is 14.2. The number of allylic oxidation sites excluding steroid dienone is 2. The summed E-state index contributed by atoms with van der Waals surface area (Å²) < 4.78 is 10.1. The molecule has 0 aromatic rings. The van der Waals surface area contributed by atoms with Crippen molar-refractivity contribution in [2.24, 2.45) is 0 Å². The van der Waals surface area contributed by atoms with Crippen molar-refractivity contribution in [3.05, 3.63) is 11.1 Å². The zero-order chi connectivity index (χ0) is 10.7. The zero-order valence-electron chi connectivity index (χ0n) is 8.47. The fourth-order valence-electron chi connectivity index (χ4n) is 1.66. The minimum absolute atomic E-state index is 0.313. The molecule has 4 heteroatoms. The highest BCUT2D eigenvalue weighted by atomic mass is 127. The van der Waals surface area contributed by atoms with Crippen LogP contribution in [0.4, 0.5) is 0 Å². The third-order valence-corrected chi connectivity index (χ3v) is 6.46. The predicted molar refractivity (Wildman–Crippen MR) is 73.3 cm³/mol. The fraction of sp³-hybridized carbons (Fsp3) is 0.545. The Bertz CT molecular complexity index is 389. The molecule has 0 unspecified atom stereocenters. The van der Waals surface area contributed by atoms with Crippen LogP contribution in [-0.4, -0.2) is 26.3 Å². The topological polar surface area (TPSA) is 26.3 Å². The first-order chi connectivity index (χ1) is 7.31. The van der Waals surface area contributed by atoms with Crippen molar-refractivity contribution in [3.8, 4) is 0 Å². The van der Waals surface area contributed by atoms with Gasteiger partial charge < -0.3 is 3.07 Å². The van der Waals surface area contributed by atoms with Crippen molar-refractivity contribution in [3.63, 3.8) is 0 Å². The lowest BCUT2D eigenvalue weighted by Gasteiger charge is -2.09. The van der Waals surface area contributed by atoms with Gasteiger partial charge in [0.25, 0.3) is 0 Å². The van der Waals surface area contributed by atoms with E-state index in [1.807, 2.05) is 0 Å². The van der Waals surface area contributed by atoms with Gasteiger partial charge in [0.15, 0.2) is 5.78 Å². The van der Waals surface area contributed by atoms with Gasteiger partial charge in [0.1, 0.15) is 0 Å². The van der Waals surface area contributed by atoms with Crippen LogP contribution in [0.2, 0.25) is 0 Å². The predicted octanol–water partition coefficient (Wildman–Crippen LogP) is 2.72. The molecule has 1 heterocycles. The van der Waals surface area contributed by atoms with E-state index in [1.165, 1.54) is 5.57 Å². The number of alkyl halides is 1. The first-order valence-electron chi connectivity index (χ1n) is 5.14. The van der Waals surface area contributed by atoms with Gasteiger partial charge in [0, 0.05) is 17.9 Å².